The zero-order valence-corrected chi connectivity index (χ0v) is 9.17. The molecular weight excluding hydrogens is 170 g/mol. The van der Waals surface area contributed by atoms with Gasteiger partial charge in [0.05, 0.1) is 0 Å². The molecule has 0 aromatic rings. The van der Waals surface area contributed by atoms with E-state index in [-0.39, 0.29) is 0 Å². The van der Waals surface area contributed by atoms with Gasteiger partial charge in [-0.2, -0.15) is 0 Å². The van der Waals surface area contributed by atoms with E-state index in [2.05, 4.69) is 16.9 Å². The zero-order chi connectivity index (χ0) is 9.64. The average molecular weight is 192 g/mol. The lowest BCUT2D eigenvalue weighted by molar-refractivity contribution is -0.532. The van der Waals surface area contributed by atoms with Crippen LogP contribution in [0.1, 0.15) is 51.4 Å². The lowest BCUT2D eigenvalue weighted by atomic mass is 9.95. The van der Waals surface area contributed by atoms with Crippen molar-refractivity contribution in [3.05, 3.63) is 11.6 Å². The third-order valence-electron chi connectivity index (χ3n) is 3.41. The van der Waals surface area contributed by atoms with Crippen molar-refractivity contribution >= 4 is 6.21 Å². The van der Waals surface area contributed by atoms with E-state index in [1.54, 1.807) is 5.57 Å². The molecule has 0 spiro atoms. The molecule has 0 bridgehead atoms. The maximum atomic E-state index is 2.49. The largest absolute Gasteiger partial charge is 0.236 e. The highest BCUT2D eigenvalue weighted by molar-refractivity contribution is 5.67. The van der Waals surface area contributed by atoms with Crippen molar-refractivity contribution in [2.45, 2.75) is 51.4 Å². The van der Waals surface area contributed by atoms with E-state index in [1.165, 1.54) is 64.5 Å². The second-order valence-corrected chi connectivity index (χ2v) is 4.63. The zero-order valence-electron chi connectivity index (χ0n) is 9.17. The molecule has 0 N–H and O–H groups in total. The molecule has 0 aromatic heterocycles. The standard InChI is InChI=1S/C13H22N/c1-3-7-13(8-4-1)9-12-14-10-5-2-6-11-14/h9,12H,1-8,10-11H2/q+1. The monoisotopic (exact) mass is 192 g/mol. The summed E-state index contributed by atoms with van der Waals surface area (Å²) in [4.78, 5) is 0. The van der Waals surface area contributed by atoms with Crippen LogP contribution in [0.25, 0.3) is 0 Å². The maximum Gasteiger partial charge on any atom is 0.163 e. The molecule has 1 aliphatic heterocycles. The SMILES string of the molecule is C(C=[N+]1CCCCC1)=C1CCCCC1. The Bertz CT molecular complexity index is 196. The van der Waals surface area contributed by atoms with Gasteiger partial charge in [-0.05, 0) is 32.1 Å². The molecule has 14 heavy (non-hydrogen) atoms. The second kappa shape index (κ2) is 5.33. The molecule has 1 saturated carbocycles. The summed E-state index contributed by atoms with van der Waals surface area (Å²) in [6.07, 6.45) is 15.9. The van der Waals surface area contributed by atoms with Crippen molar-refractivity contribution in [2.24, 2.45) is 0 Å². The van der Waals surface area contributed by atoms with Gasteiger partial charge in [-0.15, -0.1) is 0 Å². The fraction of sp³-hybridized carbons (Fsp3) is 0.769. The first kappa shape index (κ1) is 9.95. The molecule has 1 saturated heterocycles. The number of nitrogens with zero attached hydrogens (tertiary/aromatic N) is 1. The lowest BCUT2D eigenvalue weighted by Gasteiger charge is -2.12. The van der Waals surface area contributed by atoms with Crippen LogP contribution in [0.3, 0.4) is 0 Å². The Labute approximate surface area is 87.5 Å². The number of hydrogen-bond acceptors (Lipinski definition) is 0. The number of allylic oxidation sites excluding steroid dienone is 2. The van der Waals surface area contributed by atoms with Gasteiger partial charge in [-0.3, -0.25) is 0 Å². The predicted octanol–water partition coefficient (Wildman–Crippen LogP) is 3.14. The van der Waals surface area contributed by atoms with Gasteiger partial charge in [0.15, 0.2) is 6.21 Å². The molecule has 0 unspecified atom stereocenters. The van der Waals surface area contributed by atoms with Crippen LogP contribution in [-0.2, 0) is 0 Å². The van der Waals surface area contributed by atoms with Gasteiger partial charge in [-0.1, -0.05) is 12.0 Å². The van der Waals surface area contributed by atoms with Gasteiger partial charge < -0.3 is 0 Å². The van der Waals surface area contributed by atoms with Crippen LogP contribution in [0.2, 0.25) is 0 Å². The van der Waals surface area contributed by atoms with Crippen LogP contribution in [0.5, 0.6) is 0 Å². The summed E-state index contributed by atoms with van der Waals surface area (Å²) in [5.41, 5.74) is 1.68. The molecule has 1 aliphatic carbocycles. The third kappa shape index (κ3) is 2.97. The average Bonchev–Trinajstić information content (AvgIpc) is 2.29. The first-order chi connectivity index (χ1) is 6.95. The molecule has 0 radical (unpaired) electrons. The molecule has 1 heterocycles. The first-order valence-electron chi connectivity index (χ1n) is 6.22. The van der Waals surface area contributed by atoms with Gasteiger partial charge in [0.1, 0.15) is 13.1 Å². The molecule has 2 fully saturated rings. The van der Waals surface area contributed by atoms with Gasteiger partial charge in [0.25, 0.3) is 0 Å². The van der Waals surface area contributed by atoms with Crippen molar-refractivity contribution in [1.29, 1.82) is 0 Å². The molecule has 2 rings (SSSR count). The van der Waals surface area contributed by atoms with Crippen molar-refractivity contribution in [1.82, 2.24) is 0 Å². The van der Waals surface area contributed by atoms with Gasteiger partial charge in [0.2, 0.25) is 0 Å². The molecule has 1 nitrogen and oxygen atoms in total. The molecule has 0 atom stereocenters. The minimum atomic E-state index is 1.28. The first-order valence-corrected chi connectivity index (χ1v) is 6.22. The highest BCUT2D eigenvalue weighted by Crippen LogP contribution is 2.21. The summed E-state index contributed by atoms with van der Waals surface area (Å²) >= 11 is 0. The molecular formula is C13H22N+. The fourth-order valence-electron chi connectivity index (χ4n) is 2.45. The van der Waals surface area contributed by atoms with E-state index >= 15 is 0 Å². The highest BCUT2D eigenvalue weighted by atomic mass is 15.0. The van der Waals surface area contributed by atoms with Crippen LogP contribution in [0.15, 0.2) is 11.6 Å². The fourth-order valence-corrected chi connectivity index (χ4v) is 2.45. The van der Waals surface area contributed by atoms with E-state index in [9.17, 15) is 0 Å². The minimum absolute atomic E-state index is 1.28. The smallest absolute Gasteiger partial charge is 0.163 e. The summed E-state index contributed by atoms with van der Waals surface area (Å²) in [7, 11) is 0. The summed E-state index contributed by atoms with van der Waals surface area (Å²) < 4.78 is 2.49. The van der Waals surface area contributed by atoms with E-state index < -0.39 is 0 Å². The quantitative estimate of drug-likeness (QED) is 0.561. The lowest BCUT2D eigenvalue weighted by Crippen LogP contribution is -2.20. The number of rotatable bonds is 1. The maximum absolute atomic E-state index is 2.49. The Morgan fingerprint density at radius 2 is 1.43 bits per heavy atom. The van der Waals surface area contributed by atoms with Gasteiger partial charge in [0, 0.05) is 18.9 Å². The minimum Gasteiger partial charge on any atom is -0.236 e. The van der Waals surface area contributed by atoms with Crippen LogP contribution in [-0.4, -0.2) is 23.9 Å². The highest BCUT2D eigenvalue weighted by Gasteiger charge is 2.10. The van der Waals surface area contributed by atoms with E-state index in [0.29, 0.717) is 0 Å². The van der Waals surface area contributed by atoms with E-state index in [0.717, 1.165) is 0 Å². The van der Waals surface area contributed by atoms with Crippen LogP contribution >= 0.6 is 0 Å². The Morgan fingerprint density at radius 1 is 0.786 bits per heavy atom. The summed E-state index contributed by atoms with van der Waals surface area (Å²) in [6.45, 7) is 2.56. The topological polar surface area (TPSA) is 3.01 Å². The Balaban J connectivity index is 1.88. The summed E-state index contributed by atoms with van der Waals surface area (Å²) in [5.74, 6) is 0. The van der Waals surface area contributed by atoms with Crippen LogP contribution in [0, 0.1) is 0 Å². The Hall–Kier alpha value is -0.590. The van der Waals surface area contributed by atoms with Crippen molar-refractivity contribution < 1.29 is 4.58 Å². The summed E-state index contributed by atoms with van der Waals surface area (Å²) in [6, 6.07) is 0. The van der Waals surface area contributed by atoms with Crippen molar-refractivity contribution in [3.63, 3.8) is 0 Å². The van der Waals surface area contributed by atoms with Crippen molar-refractivity contribution in [3.8, 4) is 0 Å². The molecule has 78 valence electrons. The van der Waals surface area contributed by atoms with Gasteiger partial charge >= 0.3 is 0 Å². The van der Waals surface area contributed by atoms with Gasteiger partial charge in [-0.25, -0.2) is 4.58 Å². The molecule has 0 aromatic carbocycles. The van der Waals surface area contributed by atoms with E-state index in [4.69, 9.17) is 0 Å². The Morgan fingerprint density at radius 3 is 2.14 bits per heavy atom. The van der Waals surface area contributed by atoms with Crippen LogP contribution < -0.4 is 0 Å². The number of piperidine rings is 1. The molecule has 1 heteroatoms. The second-order valence-electron chi connectivity index (χ2n) is 4.63. The van der Waals surface area contributed by atoms with E-state index in [1.807, 2.05) is 0 Å². The van der Waals surface area contributed by atoms with Crippen LogP contribution in [0.4, 0.5) is 0 Å². The predicted molar refractivity (Wildman–Crippen MR) is 61.1 cm³/mol. The Kier molecular flexibility index (Phi) is 3.79. The summed E-state index contributed by atoms with van der Waals surface area (Å²) in [5, 5.41) is 0. The molecule has 2 aliphatic rings. The normalized spacial score (nSPS) is 23.4. The molecule has 0 amide bonds. The number of hydrogen-bond donors (Lipinski definition) is 0. The third-order valence-corrected chi connectivity index (χ3v) is 3.41. The van der Waals surface area contributed by atoms with Crippen molar-refractivity contribution in [2.75, 3.05) is 13.1 Å².